The first-order chi connectivity index (χ1) is 6.15. The van der Waals surface area contributed by atoms with Gasteiger partial charge in [-0.2, -0.15) is 0 Å². The van der Waals surface area contributed by atoms with E-state index in [0.717, 1.165) is 10.6 Å². The van der Waals surface area contributed by atoms with Crippen molar-refractivity contribution in [2.24, 2.45) is 0 Å². The van der Waals surface area contributed by atoms with E-state index in [9.17, 15) is 9.18 Å². The summed E-state index contributed by atoms with van der Waals surface area (Å²) in [6.45, 7) is 3.45. The lowest BCUT2D eigenvalue weighted by Crippen LogP contribution is -1.96. The maximum Gasteiger partial charge on any atom is 0.161 e. The standard InChI is InChI=1S/C10H11FOS/c1-3-13-10-5-4-8(11)6-9(10)7(2)12/h4-6H,3H2,1-2H3. The van der Waals surface area contributed by atoms with Gasteiger partial charge in [0, 0.05) is 10.5 Å². The third kappa shape index (κ3) is 2.56. The van der Waals surface area contributed by atoms with Crippen molar-refractivity contribution >= 4 is 17.5 Å². The molecule has 13 heavy (non-hydrogen) atoms. The largest absolute Gasteiger partial charge is 0.294 e. The van der Waals surface area contributed by atoms with Gasteiger partial charge in [-0.3, -0.25) is 4.79 Å². The van der Waals surface area contributed by atoms with Crippen LogP contribution in [0.15, 0.2) is 23.1 Å². The molecule has 0 radical (unpaired) electrons. The SMILES string of the molecule is CCSc1ccc(F)cc1C(C)=O. The minimum atomic E-state index is -0.356. The third-order valence-electron chi connectivity index (χ3n) is 1.62. The lowest BCUT2D eigenvalue weighted by Gasteiger charge is -2.04. The number of rotatable bonds is 3. The molecule has 70 valence electrons. The molecule has 0 bridgehead atoms. The molecular weight excluding hydrogens is 187 g/mol. The van der Waals surface area contributed by atoms with Crippen molar-refractivity contribution < 1.29 is 9.18 Å². The van der Waals surface area contributed by atoms with Gasteiger partial charge >= 0.3 is 0 Å². The highest BCUT2D eigenvalue weighted by Gasteiger charge is 2.07. The van der Waals surface area contributed by atoms with E-state index in [-0.39, 0.29) is 11.6 Å². The van der Waals surface area contributed by atoms with E-state index in [4.69, 9.17) is 0 Å². The van der Waals surface area contributed by atoms with Crippen molar-refractivity contribution in [3.63, 3.8) is 0 Å². The van der Waals surface area contributed by atoms with Crippen LogP contribution < -0.4 is 0 Å². The van der Waals surface area contributed by atoms with Crippen LogP contribution in [-0.4, -0.2) is 11.5 Å². The van der Waals surface area contributed by atoms with Gasteiger partial charge in [-0.15, -0.1) is 11.8 Å². The zero-order valence-corrected chi connectivity index (χ0v) is 8.45. The van der Waals surface area contributed by atoms with Gasteiger partial charge in [0.05, 0.1) is 0 Å². The highest BCUT2D eigenvalue weighted by Crippen LogP contribution is 2.23. The number of benzene rings is 1. The fourth-order valence-corrected chi connectivity index (χ4v) is 1.89. The highest BCUT2D eigenvalue weighted by atomic mass is 32.2. The molecule has 0 N–H and O–H groups in total. The van der Waals surface area contributed by atoms with E-state index >= 15 is 0 Å². The molecule has 0 aliphatic carbocycles. The Morgan fingerprint density at radius 1 is 1.54 bits per heavy atom. The molecule has 0 unspecified atom stereocenters. The smallest absolute Gasteiger partial charge is 0.161 e. The third-order valence-corrected chi connectivity index (χ3v) is 2.58. The number of thioether (sulfide) groups is 1. The van der Waals surface area contributed by atoms with E-state index < -0.39 is 0 Å². The fraction of sp³-hybridized carbons (Fsp3) is 0.300. The molecule has 1 rings (SSSR count). The van der Waals surface area contributed by atoms with E-state index in [1.165, 1.54) is 19.1 Å². The normalized spacial score (nSPS) is 10.1. The second-order valence-corrected chi connectivity index (χ2v) is 3.94. The zero-order chi connectivity index (χ0) is 9.84. The summed E-state index contributed by atoms with van der Waals surface area (Å²) < 4.78 is 12.8. The van der Waals surface area contributed by atoms with E-state index in [1.807, 2.05) is 6.92 Å². The Morgan fingerprint density at radius 2 is 2.23 bits per heavy atom. The lowest BCUT2D eigenvalue weighted by atomic mass is 10.1. The van der Waals surface area contributed by atoms with E-state index in [2.05, 4.69) is 0 Å². The van der Waals surface area contributed by atoms with Crippen LogP contribution in [0.1, 0.15) is 24.2 Å². The molecule has 1 aromatic carbocycles. The Bertz CT molecular complexity index is 323. The van der Waals surface area contributed by atoms with Gasteiger partial charge in [-0.05, 0) is 30.9 Å². The molecule has 1 aromatic rings. The summed E-state index contributed by atoms with van der Waals surface area (Å²) in [4.78, 5) is 12.0. The quantitative estimate of drug-likeness (QED) is 0.548. The minimum absolute atomic E-state index is 0.0875. The summed E-state index contributed by atoms with van der Waals surface area (Å²) in [7, 11) is 0. The number of Topliss-reactive ketones (excluding diaryl/α,β-unsaturated/α-hetero) is 1. The molecule has 0 spiro atoms. The van der Waals surface area contributed by atoms with E-state index in [1.54, 1.807) is 17.8 Å². The van der Waals surface area contributed by atoms with Gasteiger partial charge in [0.2, 0.25) is 0 Å². The molecule has 1 nitrogen and oxygen atoms in total. The van der Waals surface area contributed by atoms with Crippen LogP contribution >= 0.6 is 11.8 Å². The van der Waals surface area contributed by atoms with Crippen molar-refractivity contribution in [1.82, 2.24) is 0 Å². The number of ketones is 1. The van der Waals surface area contributed by atoms with Gasteiger partial charge in [-0.25, -0.2) is 4.39 Å². The molecule has 3 heteroatoms. The number of hydrogen-bond acceptors (Lipinski definition) is 2. The number of carbonyl (C=O) groups excluding carboxylic acids is 1. The average molecular weight is 198 g/mol. The van der Waals surface area contributed by atoms with Crippen molar-refractivity contribution in [2.45, 2.75) is 18.7 Å². The Labute approximate surface area is 81.3 Å². The number of halogens is 1. The van der Waals surface area contributed by atoms with Crippen molar-refractivity contribution in [3.05, 3.63) is 29.6 Å². The summed E-state index contributed by atoms with van der Waals surface area (Å²) in [5, 5.41) is 0. The summed E-state index contributed by atoms with van der Waals surface area (Å²) in [5.41, 5.74) is 0.479. The first-order valence-corrected chi connectivity index (χ1v) is 5.07. The monoisotopic (exact) mass is 198 g/mol. The van der Waals surface area contributed by atoms with Crippen LogP contribution in [0.25, 0.3) is 0 Å². The number of hydrogen-bond donors (Lipinski definition) is 0. The first-order valence-electron chi connectivity index (χ1n) is 4.08. The Morgan fingerprint density at radius 3 is 2.77 bits per heavy atom. The molecular formula is C10H11FOS. The summed E-state index contributed by atoms with van der Waals surface area (Å²) in [6.07, 6.45) is 0. The maximum absolute atomic E-state index is 12.8. The van der Waals surface area contributed by atoms with Crippen LogP contribution in [-0.2, 0) is 0 Å². The topological polar surface area (TPSA) is 17.1 Å². The lowest BCUT2D eigenvalue weighted by molar-refractivity contribution is 0.101. The van der Waals surface area contributed by atoms with Crippen LogP contribution in [0.2, 0.25) is 0 Å². The first kappa shape index (κ1) is 10.3. The average Bonchev–Trinajstić information content (AvgIpc) is 2.08. The summed E-state index contributed by atoms with van der Waals surface area (Å²) in [5.74, 6) is 0.437. The van der Waals surface area contributed by atoms with Crippen molar-refractivity contribution in [3.8, 4) is 0 Å². The molecule has 0 amide bonds. The number of carbonyl (C=O) groups is 1. The minimum Gasteiger partial charge on any atom is -0.294 e. The summed E-state index contributed by atoms with van der Waals surface area (Å²) in [6, 6.07) is 4.32. The van der Waals surface area contributed by atoms with Crippen LogP contribution in [0, 0.1) is 5.82 Å². The zero-order valence-electron chi connectivity index (χ0n) is 7.63. The maximum atomic E-state index is 12.8. The molecule has 0 aromatic heterocycles. The molecule has 0 fully saturated rings. The molecule has 0 heterocycles. The van der Waals surface area contributed by atoms with Gasteiger partial charge in [0.1, 0.15) is 5.82 Å². The molecule has 0 aliphatic rings. The van der Waals surface area contributed by atoms with Crippen molar-refractivity contribution in [2.75, 3.05) is 5.75 Å². The van der Waals surface area contributed by atoms with Gasteiger partial charge in [0.25, 0.3) is 0 Å². The second-order valence-electron chi connectivity index (χ2n) is 2.63. The van der Waals surface area contributed by atoms with Crippen LogP contribution in [0.4, 0.5) is 4.39 Å². The molecule has 0 saturated heterocycles. The van der Waals surface area contributed by atoms with Crippen molar-refractivity contribution in [1.29, 1.82) is 0 Å². The predicted octanol–water partition coefficient (Wildman–Crippen LogP) is 3.14. The van der Waals surface area contributed by atoms with E-state index in [0.29, 0.717) is 5.56 Å². The van der Waals surface area contributed by atoms with Gasteiger partial charge in [0.15, 0.2) is 5.78 Å². The fourth-order valence-electron chi connectivity index (χ4n) is 1.06. The second kappa shape index (κ2) is 4.42. The Balaban J connectivity index is 3.10. The molecule has 0 atom stereocenters. The predicted molar refractivity (Wildman–Crippen MR) is 52.8 cm³/mol. The Hall–Kier alpha value is -0.830. The molecule has 0 saturated carbocycles. The summed E-state index contributed by atoms with van der Waals surface area (Å²) >= 11 is 1.55. The van der Waals surface area contributed by atoms with Crippen LogP contribution in [0.5, 0.6) is 0 Å². The molecule has 0 aliphatic heterocycles. The highest BCUT2D eigenvalue weighted by molar-refractivity contribution is 7.99. The van der Waals surface area contributed by atoms with Gasteiger partial charge < -0.3 is 0 Å². The Kier molecular flexibility index (Phi) is 3.48. The van der Waals surface area contributed by atoms with Gasteiger partial charge in [-0.1, -0.05) is 6.92 Å². The van der Waals surface area contributed by atoms with Crippen LogP contribution in [0.3, 0.4) is 0 Å².